The number of hydrogen-bond acceptors (Lipinski definition) is 4. The van der Waals surface area contributed by atoms with E-state index in [0.717, 1.165) is 5.69 Å². The third-order valence-electron chi connectivity index (χ3n) is 2.43. The fourth-order valence-electron chi connectivity index (χ4n) is 1.05. The van der Waals surface area contributed by atoms with E-state index in [9.17, 15) is 4.79 Å². The molecule has 1 unspecified atom stereocenters. The first-order valence-corrected chi connectivity index (χ1v) is 5.86. The first-order chi connectivity index (χ1) is 7.00. The van der Waals surface area contributed by atoms with Crippen molar-refractivity contribution in [2.45, 2.75) is 27.3 Å². The maximum atomic E-state index is 11.6. The van der Waals surface area contributed by atoms with Gasteiger partial charge in [0.25, 0.3) is 0 Å². The van der Waals surface area contributed by atoms with Gasteiger partial charge in [-0.05, 0) is 5.92 Å². The third kappa shape index (κ3) is 3.51. The van der Waals surface area contributed by atoms with Gasteiger partial charge in [-0.15, -0.1) is 11.3 Å². The molecule has 3 N–H and O–H groups in total. The molecule has 0 fully saturated rings. The molecule has 1 aromatic heterocycles. The highest BCUT2D eigenvalue weighted by molar-refractivity contribution is 7.13. The Morgan fingerprint density at radius 2 is 2.27 bits per heavy atom. The van der Waals surface area contributed by atoms with E-state index in [1.807, 2.05) is 26.2 Å². The van der Waals surface area contributed by atoms with Crippen LogP contribution in [0.2, 0.25) is 0 Å². The summed E-state index contributed by atoms with van der Waals surface area (Å²) in [6.45, 7) is 6.45. The van der Waals surface area contributed by atoms with Crippen LogP contribution in [0.15, 0.2) is 5.38 Å². The van der Waals surface area contributed by atoms with E-state index in [4.69, 9.17) is 5.73 Å². The number of nitrogen functional groups attached to an aromatic ring is 1. The molecule has 0 spiro atoms. The molecule has 1 heterocycles. The van der Waals surface area contributed by atoms with Gasteiger partial charge in [0.1, 0.15) is 0 Å². The summed E-state index contributed by atoms with van der Waals surface area (Å²) in [5, 5.41) is 5.24. The number of rotatable bonds is 4. The normalized spacial score (nSPS) is 12.8. The monoisotopic (exact) mass is 227 g/mol. The van der Waals surface area contributed by atoms with Crippen molar-refractivity contribution in [1.82, 2.24) is 10.3 Å². The molecule has 1 atom stereocenters. The van der Waals surface area contributed by atoms with E-state index in [-0.39, 0.29) is 11.8 Å². The Labute approximate surface area is 93.9 Å². The van der Waals surface area contributed by atoms with Crippen molar-refractivity contribution >= 4 is 22.4 Å². The number of nitrogens with two attached hydrogens (primary N) is 1. The lowest BCUT2D eigenvalue weighted by molar-refractivity contribution is -0.125. The smallest absolute Gasteiger partial charge is 0.223 e. The fourth-order valence-corrected chi connectivity index (χ4v) is 1.61. The Bertz CT molecular complexity index is 335. The number of aromatic nitrogens is 1. The molecular formula is C10H17N3OS. The third-order valence-corrected chi connectivity index (χ3v) is 3.15. The molecule has 0 aromatic carbocycles. The highest BCUT2D eigenvalue weighted by Crippen LogP contribution is 2.12. The molecule has 0 radical (unpaired) electrons. The second-order valence-corrected chi connectivity index (χ2v) is 4.82. The summed E-state index contributed by atoms with van der Waals surface area (Å²) in [7, 11) is 0. The van der Waals surface area contributed by atoms with Crippen molar-refractivity contribution in [1.29, 1.82) is 0 Å². The van der Waals surface area contributed by atoms with Gasteiger partial charge in [-0.25, -0.2) is 4.98 Å². The van der Waals surface area contributed by atoms with Crippen molar-refractivity contribution in [2.24, 2.45) is 11.8 Å². The average molecular weight is 227 g/mol. The summed E-state index contributed by atoms with van der Waals surface area (Å²) >= 11 is 1.39. The predicted molar refractivity (Wildman–Crippen MR) is 62.4 cm³/mol. The van der Waals surface area contributed by atoms with Crippen LogP contribution in [0.4, 0.5) is 5.13 Å². The Hall–Kier alpha value is -1.10. The minimum Gasteiger partial charge on any atom is -0.375 e. The molecule has 0 aliphatic carbocycles. The summed E-state index contributed by atoms with van der Waals surface area (Å²) in [5.74, 6) is 0.447. The lowest BCUT2D eigenvalue weighted by atomic mass is 9.97. The maximum Gasteiger partial charge on any atom is 0.223 e. The van der Waals surface area contributed by atoms with Crippen LogP contribution in [0.1, 0.15) is 26.5 Å². The van der Waals surface area contributed by atoms with Gasteiger partial charge >= 0.3 is 0 Å². The number of anilines is 1. The van der Waals surface area contributed by atoms with E-state index in [2.05, 4.69) is 10.3 Å². The Morgan fingerprint density at radius 3 is 2.73 bits per heavy atom. The summed E-state index contributed by atoms with van der Waals surface area (Å²) < 4.78 is 0. The number of nitrogens with zero attached hydrogens (tertiary/aromatic N) is 1. The van der Waals surface area contributed by atoms with E-state index in [1.54, 1.807) is 0 Å². The standard InChI is InChI=1S/C10H17N3OS/c1-6(2)7(3)9(14)12-4-8-5-15-10(11)13-8/h5-7H,4H2,1-3H3,(H2,11,13)(H,12,14). The number of carbonyl (C=O) groups is 1. The molecule has 1 amide bonds. The second kappa shape index (κ2) is 5.11. The molecule has 15 heavy (non-hydrogen) atoms. The molecular weight excluding hydrogens is 210 g/mol. The predicted octanol–water partition coefficient (Wildman–Crippen LogP) is 1.63. The number of nitrogens with one attached hydrogen (secondary N) is 1. The summed E-state index contributed by atoms with van der Waals surface area (Å²) in [4.78, 5) is 15.7. The van der Waals surface area contributed by atoms with Crippen LogP contribution >= 0.6 is 11.3 Å². The van der Waals surface area contributed by atoms with E-state index < -0.39 is 0 Å². The van der Waals surface area contributed by atoms with Crippen LogP contribution in [-0.4, -0.2) is 10.9 Å². The Kier molecular flexibility index (Phi) is 4.08. The molecule has 0 saturated carbocycles. The molecule has 5 heteroatoms. The first kappa shape index (κ1) is 12.0. The molecule has 0 saturated heterocycles. The summed E-state index contributed by atoms with van der Waals surface area (Å²) in [6.07, 6.45) is 0. The Balaban J connectivity index is 2.40. The van der Waals surface area contributed by atoms with Gasteiger partial charge < -0.3 is 11.1 Å². The molecule has 0 aliphatic rings. The molecule has 0 aliphatic heterocycles. The summed E-state index contributed by atoms with van der Waals surface area (Å²) in [6, 6.07) is 0. The zero-order valence-corrected chi connectivity index (χ0v) is 10.1. The van der Waals surface area contributed by atoms with Crippen LogP contribution in [0.25, 0.3) is 0 Å². The van der Waals surface area contributed by atoms with Crippen LogP contribution in [0.5, 0.6) is 0 Å². The number of hydrogen-bond donors (Lipinski definition) is 2. The van der Waals surface area contributed by atoms with Crippen LogP contribution in [0, 0.1) is 11.8 Å². The van der Waals surface area contributed by atoms with E-state index in [0.29, 0.717) is 17.6 Å². The molecule has 1 aromatic rings. The van der Waals surface area contributed by atoms with Crippen molar-refractivity contribution in [3.63, 3.8) is 0 Å². The lowest BCUT2D eigenvalue weighted by Crippen LogP contribution is -2.31. The van der Waals surface area contributed by atoms with Gasteiger partial charge in [0, 0.05) is 11.3 Å². The number of carbonyl (C=O) groups excluding carboxylic acids is 1. The highest BCUT2D eigenvalue weighted by atomic mass is 32.1. The second-order valence-electron chi connectivity index (χ2n) is 3.93. The SMILES string of the molecule is CC(C)C(C)C(=O)NCc1csc(N)n1. The first-order valence-electron chi connectivity index (χ1n) is 4.98. The topological polar surface area (TPSA) is 68.0 Å². The van der Waals surface area contributed by atoms with Gasteiger partial charge in [-0.3, -0.25) is 4.79 Å². The van der Waals surface area contributed by atoms with Crippen molar-refractivity contribution in [3.8, 4) is 0 Å². The van der Waals surface area contributed by atoms with Gasteiger partial charge in [-0.1, -0.05) is 20.8 Å². The molecule has 4 nitrogen and oxygen atoms in total. The molecule has 0 bridgehead atoms. The van der Waals surface area contributed by atoms with Crippen LogP contribution < -0.4 is 11.1 Å². The molecule has 84 valence electrons. The minimum atomic E-state index is 0.0287. The van der Waals surface area contributed by atoms with Gasteiger partial charge in [0.05, 0.1) is 12.2 Å². The van der Waals surface area contributed by atoms with E-state index >= 15 is 0 Å². The zero-order valence-electron chi connectivity index (χ0n) is 9.28. The number of amides is 1. The number of thiazole rings is 1. The summed E-state index contributed by atoms with van der Waals surface area (Å²) in [5.41, 5.74) is 6.31. The largest absolute Gasteiger partial charge is 0.375 e. The maximum absolute atomic E-state index is 11.6. The average Bonchev–Trinajstić information content (AvgIpc) is 2.59. The van der Waals surface area contributed by atoms with Crippen molar-refractivity contribution < 1.29 is 4.79 Å². The van der Waals surface area contributed by atoms with Gasteiger partial charge in [0.15, 0.2) is 5.13 Å². The van der Waals surface area contributed by atoms with E-state index in [1.165, 1.54) is 11.3 Å². The van der Waals surface area contributed by atoms with Gasteiger partial charge in [0.2, 0.25) is 5.91 Å². The Morgan fingerprint density at radius 1 is 1.60 bits per heavy atom. The fraction of sp³-hybridized carbons (Fsp3) is 0.600. The van der Waals surface area contributed by atoms with Crippen molar-refractivity contribution in [3.05, 3.63) is 11.1 Å². The zero-order chi connectivity index (χ0) is 11.4. The van der Waals surface area contributed by atoms with Gasteiger partial charge in [-0.2, -0.15) is 0 Å². The lowest BCUT2D eigenvalue weighted by Gasteiger charge is -2.14. The highest BCUT2D eigenvalue weighted by Gasteiger charge is 2.16. The van der Waals surface area contributed by atoms with Crippen molar-refractivity contribution in [2.75, 3.05) is 5.73 Å². The van der Waals surface area contributed by atoms with Crippen LogP contribution in [0.3, 0.4) is 0 Å². The quantitative estimate of drug-likeness (QED) is 0.821. The molecule has 1 rings (SSSR count). The minimum absolute atomic E-state index is 0.0287. The van der Waals surface area contributed by atoms with Crippen LogP contribution in [-0.2, 0) is 11.3 Å².